The van der Waals surface area contributed by atoms with Gasteiger partial charge in [-0.2, -0.15) is 5.10 Å². The van der Waals surface area contributed by atoms with Crippen LogP contribution in [0, 0.1) is 6.92 Å². The van der Waals surface area contributed by atoms with E-state index in [2.05, 4.69) is 14.9 Å². The number of carboxylic acids is 1. The van der Waals surface area contributed by atoms with Gasteiger partial charge in [-0.15, -0.1) is 0 Å². The van der Waals surface area contributed by atoms with Gasteiger partial charge >= 0.3 is 5.97 Å². The fourth-order valence-corrected chi connectivity index (χ4v) is 3.76. The molecule has 1 aromatic rings. The monoisotopic (exact) mass is 289 g/mol. The number of hydrogen-bond acceptors (Lipinski definition) is 5. The Kier molecular flexibility index (Phi) is 3.37. The summed E-state index contributed by atoms with van der Waals surface area (Å²) in [6.45, 7) is 3.90. The van der Waals surface area contributed by atoms with E-state index < -0.39 is 27.2 Å². The fourth-order valence-electron chi connectivity index (χ4n) is 2.02. The van der Waals surface area contributed by atoms with E-state index >= 15 is 0 Å². The van der Waals surface area contributed by atoms with Crippen molar-refractivity contribution in [1.29, 1.82) is 0 Å². The van der Waals surface area contributed by atoms with Gasteiger partial charge in [-0.3, -0.25) is 5.10 Å². The van der Waals surface area contributed by atoms with Crippen LogP contribution >= 0.6 is 0 Å². The van der Waals surface area contributed by atoms with Crippen molar-refractivity contribution < 1.29 is 23.1 Å². The zero-order valence-electron chi connectivity index (χ0n) is 10.6. The van der Waals surface area contributed by atoms with Crippen LogP contribution < -0.4 is 4.72 Å². The molecule has 1 aliphatic heterocycles. The molecule has 1 unspecified atom stereocenters. The first kappa shape index (κ1) is 14.0. The molecular weight excluding hydrogens is 274 g/mol. The van der Waals surface area contributed by atoms with Crippen LogP contribution in [0.25, 0.3) is 0 Å². The van der Waals surface area contributed by atoms with Gasteiger partial charge < -0.3 is 9.84 Å². The average molecular weight is 289 g/mol. The highest BCUT2D eigenvalue weighted by Crippen LogP contribution is 2.24. The second-order valence-electron chi connectivity index (χ2n) is 4.80. The van der Waals surface area contributed by atoms with Gasteiger partial charge in [0.15, 0.2) is 5.69 Å². The first-order chi connectivity index (χ1) is 8.75. The summed E-state index contributed by atoms with van der Waals surface area (Å²) in [4.78, 5) is 10.7. The SMILES string of the molecule is Cc1[nH]nc(C(=O)O)c1S(=O)(=O)NC1(C)CCOC1. The van der Waals surface area contributed by atoms with E-state index in [1.54, 1.807) is 6.92 Å². The van der Waals surface area contributed by atoms with E-state index in [-0.39, 0.29) is 17.2 Å². The topological polar surface area (TPSA) is 121 Å². The molecule has 0 aromatic carbocycles. The quantitative estimate of drug-likeness (QED) is 0.710. The van der Waals surface area contributed by atoms with Crippen molar-refractivity contribution in [2.45, 2.75) is 30.7 Å². The van der Waals surface area contributed by atoms with E-state index in [4.69, 9.17) is 9.84 Å². The zero-order chi connectivity index (χ0) is 14.3. The van der Waals surface area contributed by atoms with Gasteiger partial charge in [-0.05, 0) is 20.3 Å². The minimum atomic E-state index is -3.97. The van der Waals surface area contributed by atoms with Crippen LogP contribution in [0.3, 0.4) is 0 Å². The summed E-state index contributed by atoms with van der Waals surface area (Å²) >= 11 is 0. The van der Waals surface area contributed by atoms with E-state index in [1.807, 2.05) is 0 Å². The average Bonchev–Trinajstić information content (AvgIpc) is 2.84. The van der Waals surface area contributed by atoms with Crippen LogP contribution in [0.15, 0.2) is 4.90 Å². The Bertz CT molecular complexity index is 601. The number of carbonyl (C=O) groups is 1. The second-order valence-corrected chi connectivity index (χ2v) is 6.42. The highest BCUT2D eigenvalue weighted by molar-refractivity contribution is 7.89. The third-order valence-electron chi connectivity index (χ3n) is 2.96. The first-order valence-corrected chi connectivity index (χ1v) is 7.13. The van der Waals surface area contributed by atoms with Crippen molar-refractivity contribution in [2.75, 3.05) is 13.2 Å². The largest absolute Gasteiger partial charge is 0.476 e. The molecule has 1 fully saturated rings. The van der Waals surface area contributed by atoms with Crippen LogP contribution in [0.2, 0.25) is 0 Å². The second kappa shape index (κ2) is 4.58. The number of nitrogens with zero attached hydrogens (tertiary/aromatic N) is 1. The van der Waals surface area contributed by atoms with Crippen LogP contribution in [0.1, 0.15) is 29.5 Å². The number of rotatable bonds is 4. The Morgan fingerprint density at radius 2 is 2.26 bits per heavy atom. The van der Waals surface area contributed by atoms with Gasteiger partial charge in [0.05, 0.1) is 17.8 Å². The van der Waals surface area contributed by atoms with Gasteiger partial charge in [-0.1, -0.05) is 0 Å². The maximum atomic E-state index is 12.3. The predicted octanol–water partition coefficient (Wildman–Crippen LogP) is -0.126. The van der Waals surface area contributed by atoms with E-state index in [1.165, 1.54) is 6.92 Å². The lowest BCUT2D eigenvalue weighted by Gasteiger charge is -2.23. The number of H-pyrrole nitrogens is 1. The smallest absolute Gasteiger partial charge is 0.357 e. The molecule has 0 saturated carbocycles. The number of ether oxygens (including phenoxy) is 1. The first-order valence-electron chi connectivity index (χ1n) is 5.65. The van der Waals surface area contributed by atoms with Gasteiger partial charge in [0.1, 0.15) is 4.90 Å². The maximum Gasteiger partial charge on any atom is 0.357 e. The van der Waals surface area contributed by atoms with Gasteiger partial charge in [-0.25, -0.2) is 17.9 Å². The van der Waals surface area contributed by atoms with Crippen molar-refractivity contribution in [3.05, 3.63) is 11.4 Å². The fraction of sp³-hybridized carbons (Fsp3) is 0.600. The van der Waals surface area contributed by atoms with Crippen LogP contribution in [0.5, 0.6) is 0 Å². The lowest BCUT2D eigenvalue weighted by molar-refractivity contribution is 0.0686. The highest BCUT2D eigenvalue weighted by Gasteiger charge is 2.37. The Labute approximate surface area is 110 Å². The standard InChI is InChI=1S/C10H15N3O5S/c1-6-8(7(9(14)15)12-11-6)19(16,17)13-10(2)3-4-18-5-10/h13H,3-5H2,1-2H3,(H,11,12)(H,14,15). The van der Waals surface area contributed by atoms with Crippen molar-refractivity contribution in [1.82, 2.24) is 14.9 Å². The number of carboxylic acid groups (broad SMARTS) is 1. The molecule has 0 radical (unpaired) electrons. The number of aromatic carboxylic acids is 1. The predicted molar refractivity (Wildman–Crippen MR) is 64.4 cm³/mol. The van der Waals surface area contributed by atoms with Crippen LogP contribution in [-0.2, 0) is 14.8 Å². The molecule has 19 heavy (non-hydrogen) atoms. The highest BCUT2D eigenvalue weighted by atomic mass is 32.2. The minimum Gasteiger partial charge on any atom is -0.476 e. The normalized spacial score (nSPS) is 23.7. The van der Waals surface area contributed by atoms with Crippen LogP contribution in [0.4, 0.5) is 0 Å². The van der Waals surface area contributed by atoms with E-state index in [9.17, 15) is 13.2 Å². The number of aromatic amines is 1. The molecule has 1 saturated heterocycles. The number of aryl methyl sites for hydroxylation is 1. The molecule has 2 heterocycles. The minimum absolute atomic E-state index is 0.187. The van der Waals surface area contributed by atoms with Gasteiger partial charge in [0.2, 0.25) is 10.0 Å². The molecule has 0 amide bonds. The lowest BCUT2D eigenvalue weighted by atomic mass is 10.0. The molecule has 9 heteroatoms. The third-order valence-corrected chi connectivity index (χ3v) is 4.76. The molecule has 1 aliphatic rings. The summed E-state index contributed by atoms with van der Waals surface area (Å²) in [7, 11) is -3.97. The molecule has 0 spiro atoms. The van der Waals surface area contributed by atoms with Gasteiger partial charge in [0, 0.05) is 6.61 Å². The molecule has 106 valence electrons. The molecule has 0 bridgehead atoms. The van der Waals surface area contributed by atoms with E-state index in [0.717, 1.165) is 0 Å². The van der Waals surface area contributed by atoms with Gasteiger partial charge in [0.25, 0.3) is 0 Å². The molecular formula is C10H15N3O5S. The number of hydrogen-bond donors (Lipinski definition) is 3. The summed E-state index contributed by atoms with van der Waals surface area (Å²) in [5, 5.41) is 14.9. The lowest BCUT2D eigenvalue weighted by Crippen LogP contribution is -2.46. The maximum absolute atomic E-state index is 12.3. The number of sulfonamides is 1. The Morgan fingerprint density at radius 3 is 2.79 bits per heavy atom. The Balaban J connectivity index is 2.40. The number of aromatic nitrogens is 2. The molecule has 1 aromatic heterocycles. The van der Waals surface area contributed by atoms with Crippen molar-refractivity contribution in [3.8, 4) is 0 Å². The molecule has 0 aliphatic carbocycles. The third kappa shape index (κ3) is 2.62. The summed E-state index contributed by atoms with van der Waals surface area (Å²) in [5.41, 5.74) is -1.04. The van der Waals surface area contributed by atoms with E-state index in [0.29, 0.717) is 13.0 Å². The molecule has 2 rings (SSSR count). The van der Waals surface area contributed by atoms with Crippen molar-refractivity contribution in [2.24, 2.45) is 0 Å². The molecule has 1 atom stereocenters. The van der Waals surface area contributed by atoms with Crippen molar-refractivity contribution >= 4 is 16.0 Å². The molecule has 3 N–H and O–H groups in total. The van der Waals surface area contributed by atoms with Crippen LogP contribution in [-0.4, -0.2) is 48.4 Å². The summed E-state index contributed by atoms with van der Waals surface area (Å²) in [6, 6.07) is 0. The summed E-state index contributed by atoms with van der Waals surface area (Å²) in [6.07, 6.45) is 0.533. The number of nitrogens with one attached hydrogen (secondary N) is 2. The summed E-state index contributed by atoms with van der Waals surface area (Å²) in [5.74, 6) is -1.39. The zero-order valence-corrected chi connectivity index (χ0v) is 11.4. The Hall–Kier alpha value is -1.45. The van der Waals surface area contributed by atoms with Crippen molar-refractivity contribution in [3.63, 3.8) is 0 Å². The summed E-state index contributed by atoms with van der Waals surface area (Å²) < 4.78 is 32.3. The molecule has 8 nitrogen and oxygen atoms in total. The Morgan fingerprint density at radius 1 is 1.58 bits per heavy atom.